The summed E-state index contributed by atoms with van der Waals surface area (Å²) in [6.45, 7) is 11.6. The number of nitrogens with two attached hydrogens (primary N) is 1. The number of piperazine rings is 1. The Morgan fingerprint density at radius 1 is 0.847 bits per heavy atom. The van der Waals surface area contributed by atoms with E-state index in [0.717, 1.165) is 111 Å². The molecule has 7 heterocycles. The maximum Gasteiger partial charge on any atom is 0.246 e. The molecule has 0 radical (unpaired) electrons. The van der Waals surface area contributed by atoms with Crippen molar-refractivity contribution in [1.82, 2.24) is 45.6 Å². The van der Waals surface area contributed by atoms with Crippen molar-refractivity contribution in [1.29, 1.82) is 0 Å². The average Bonchev–Trinajstić information content (AvgIpc) is 4.08. The minimum Gasteiger partial charge on any atom is -0.507 e. The molecule has 72 heavy (non-hydrogen) atoms. The minimum atomic E-state index is -0.856. The molecule has 2 unspecified atom stereocenters. The Balaban J connectivity index is 0.686. The normalized spacial score (nSPS) is 24.3. The van der Waals surface area contributed by atoms with E-state index in [1.807, 2.05) is 88.1 Å². The van der Waals surface area contributed by atoms with Crippen LogP contribution in [0.2, 0.25) is 0 Å². The van der Waals surface area contributed by atoms with Gasteiger partial charge in [0.25, 0.3) is 0 Å². The summed E-state index contributed by atoms with van der Waals surface area (Å²) >= 11 is 1.59. The monoisotopic (exact) mass is 997 g/mol. The van der Waals surface area contributed by atoms with Gasteiger partial charge in [0.05, 0.1) is 33.6 Å². The molecule has 2 bridgehead atoms. The maximum atomic E-state index is 14.3. The molecular weight excluding hydrogens is 929 g/mol. The molecule has 5 atom stereocenters. The topological polar surface area (TPSA) is 219 Å². The number of thiazole rings is 1. The lowest BCUT2D eigenvalue weighted by Gasteiger charge is -2.42. The number of nitrogens with zero attached hydrogens (tertiary/aromatic N) is 9. The molecule has 4 saturated heterocycles. The van der Waals surface area contributed by atoms with Crippen LogP contribution < -0.4 is 26.2 Å². The first-order valence-electron chi connectivity index (χ1n) is 25.7. The predicted molar refractivity (Wildman–Crippen MR) is 278 cm³/mol. The predicted octanol–water partition coefficient (Wildman–Crippen LogP) is 6.06. The molecular formula is C54H68N12O5S. The zero-order chi connectivity index (χ0) is 50.3. The van der Waals surface area contributed by atoms with Crippen LogP contribution in [0.25, 0.3) is 21.7 Å². The zero-order valence-corrected chi connectivity index (χ0v) is 42.6. The van der Waals surface area contributed by atoms with Crippen LogP contribution in [0.5, 0.6) is 5.75 Å². The van der Waals surface area contributed by atoms with Crippen LogP contribution in [-0.4, -0.2) is 132 Å². The van der Waals surface area contributed by atoms with E-state index in [-0.39, 0.29) is 61.0 Å². The average molecular weight is 997 g/mol. The number of likely N-dealkylation sites (tertiary alicyclic amines) is 2. The molecule has 4 aliphatic heterocycles. The summed E-state index contributed by atoms with van der Waals surface area (Å²) in [5.74, 6) is 0.708. The van der Waals surface area contributed by atoms with E-state index in [4.69, 9.17) is 15.7 Å². The Hall–Kier alpha value is -6.24. The van der Waals surface area contributed by atoms with E-state index in [2.05, 4.69) is 40.5 Å². The van der Waals surface area contributed by atoms with Crippen molar-refractivity contribution >= 4 is 46.5 Å². The van der Waals surface area contributed by atoms with Gasteiger partial charge in [0.2, 0.25) is 23.7 Å². The van der Waals surface area contributed by atoms with E-state index in [0.29, 0.717) is 29.0 Å². The number of fused-ring (bicyclic) bond motifs is 2. The number of carbonyl (C=O) groups excluding carboxylic acids is 3. The standard InChI is InChI=1S/C54H68N12O5S/c1-32-47(72-31-59-32)35-11-9-33(10-12-35)25-56-51(70)45-23-41(67)30-65(45)52(71)48(54(2,3)4)60-50(69)36-13-15-38(16-14-36)63-21-19-34(20-22-63)37-26-57-53(58-27-37)66-39-17-18-40(66)29-64(28-39)44-24-43(61-62-49(44)55)42-7-5-6-8-46(42)68/h5-12,24,26-27,31,34,36,38-41,45,48,67-68H,13-23,25,28-30H2,1-4H3,(H2,55,62)(H,56,70)(H,60,69)/t36?,38?,39?,40?,41-,45+,48-/m1/s1. The third-order valence-electron chi connectivity index (χ3n) is 16.0. The Labute approximate surface area is 425 Å². The van der Waals surface area contributed by atoms with Gasteiger partial charge in [-0.25, -0.2) is 15.0 Å². The number of para-hydroxylation sites is 1. The first-order valence-corrected chi connectivity index (χ1v) is 26.6. The molecule has 5 aromatic rings. The molecule has 5 aliphatic rings. The van der Waals surface area contributed by atoms with Crippen molar-refractivity contribution in [3.63, 3.8) is 0 Å². The first kappa shape index (κ1) is 49.3. The highest BCUT2D eigenvalue weighted by Gasteiger charge is 2.46. The number of anilines is 3. The fourth-order valence-electron chi connectivity index (χ4n) is 11.9. The number of rotatable bonds is 12. The van der Waals surface area contributed by atoms with Gasteiger partial charge < -0.3 is 46.2 Å². The van der Waals surface area contributed by atoms with Crippen molar-refractivity contribution in [2.75, 3.05) is 48.3 Å². The van der Waals surface area contributed by atoms with E-state index in [1.165, 1.54) is 10.5 Å². The van der Waals surface area contributed by atoms with Crippen LogP contribution in [0.3, 0.4) is 0 Å². The molecule has 380 valence electrons. The fraction of sp³-hybridized carbons (Fsp3) is 0.519. The summed E-state index contributed by atoms with van der Waals surface area (Å²) in [6.07, 6.45) is 10.8. The van der Waals surface area contributed by atoms with E-state index < -0.39 is 23.6 Å². The highest BCUT2D eigenvalue weighted by molar-refractivity contribution is 7.13. The Morgan fingerprint density at radius 3 is 2.18 bits per heavy atom. The lowest BCUT2D eigenvalue weighted by Crippen LogP contribution is -2.58. The van der Waals surface area contributed by atoms with Crippen molar-refractivity contribution in [3.8, 4) is 27.4 Å². The number of aryl methyl sites for hydroxylation is 1. The number of nitrogens with one attached hydrogen (secondary N) is 2. The highest BCUT2D eigenvalue weighted by Crippen LogP contribution is 2.40. The van der Waals surface area contributed by atoms with Gasteiger partial charge in [-0.2, -0.15) is 0 Å². The molecule has 6 N–H and O–H groups in total. The summed E-state index contributed by atoms with van der Waals surface area (Å²) in [5.41, 5.74) is 13.8. The van der Waals surface area contributed by atoms with Gasteiger partial charge in [0.1, 0.15) is 17.8 Å². The Bertz CT molecular complexity index is 2720. The van der Waals surface area contributed by atoms with Gasteiger partial charge in [0, 0.05) is 74.6 Å². The Morgan fingerprint density at radius 2 is 1.53 bits per heavy atom. The molecule has 2 aromatic carbocycles. The second-order valence-corrected chi connectivity index (χ2v) is 22.6. The molecule has 10 rings (SSSR count). The van der Waals surface area contributed by atoms with Crippen molar-refractivity contribution < 1.29 is 24.6 Å². The van der Waals surface area contributed by atoms with Gasteiger partial charge in [0.15, 0.2) is 5.82 Å². The number of nitrogen functional groups attached to an aromatic ring is 1. The number of aliphatic hydroxyl groups is 1. The summed E-state index contributed by atoms with van der Waals surface area (Å²) in [4.78, 5) is 66.0. The van der Waals surface area contributed by atoms with E-state index in [9.17, 15) is 24.6 Å². The summed E-state index contributed by atoms with van der Waals surface area (Å²) in [6, 6.07) is 16.2. The SMILES string of the molecule is Cc1ncsc1-c1ccc(CNC(=O)[C@@H]2C[C@@H](O)CN2C(=O)[C@@H](NC(=O)C2CCC(N3CCC(c4cnc(N5C6CCC5CN(c5cc(-c7ccccc7O)nnc5N)C6)nc4)CC3)CC2)C(C)(C)C)cc1. The van der Waals surface area contributed by atoms with Crippen LogP contribution >= 0.6 is 11.3 Å². The molecule has 5 fully saturated rings. The van der Waals surface area contributed by atoms with Crippen molar-refractivity contribution in [3.05, 3.63) is 89.3 Å². The van der Waals surface area contributed by atoms with Gasteiger partial charge in [-0.1, -0.05) is 57.2 Å². The van der Waals surface area contributed by atoms with E-state index in [1.54, 1.807) is 23.5 Å². The van der Waals surface area contributed by atoms with Gasteiger partial charge in [-0.15, -0.1) is 21.5 Å². The molecule has 3 amide bonds. The second kappa shape index (κ2) is 20.7. The van der Waals surface area contributed by atoms with Crippen LogP contribution in [0.4, 0.5) is 17.5 Å². The molecule has 0 spiro atoms. The number of amides is 3. The maximum absolute atomic E-state index is 14.3. The number of carbonyl (C=O) groups is 3. The van der Waals surface area contributed by atoms with E-state index >= 15 is 0 Å². The van der Waals surface area contributed by atoms with Crippen molar-refractivity contribution in [2.24, 2.45) is 11.3 Å². The molecule has 18 heteroatoms. The van der Waals surface area contributed by atoms with Gasteiger partial charge in [-0.05, 0) is 118 Å². The number of hydrogen-bond donors (Lipinski definition) is 5. The first-order chi connectivity index (χ1) is 34.7. The summed E-state index contributed by atoms with van der Waals surface area (Å²) in [5, 5.41) is 35.8. The number of piperidine rings is 1. The molecule has 1 aliphatic carbocycles. The number of hydrogen-bond acceptors (Lipinski definition) is 15. The molecule has 17 nitrogen and oxygen atoms in total. The van der Waals surface area contributed by atoms with Crippen LogP contribution in [-0.2, 0) is 20.9 Å². The quantitative estimate of drug-likeness (QED) is 0.0961. The molecule has 3 aromatic heterocycles. The summed E-state index contributed by atoms with van der Waals surface area (Å²) < 4.78 is 0. The second-order valence-electron chi connectivity index (χ2n) is 21.7. The van der Waals surface area contributed by atoms with Crippen LogP contribution in [0, 0.1) is 18.3 Å². The summed E-state index contributed by atoms with van der Waals surface area (Å²) in [7, 11) is 0. The smallest absolute Gasteiger partial charge is 0.246 e. The largest absolute Gasteiger partial charge is 0.507 e. The van der Waals surface area contributed by atoms with Crippen LogP contribution in [0.15, 0.2) is 72.5 Å². The van der Waals surface area contributed by atoms with Crippen molar-refractivity contribution in [2.45, 2.75) is 134 Å². The lowest BCUT2D eigenvalue weighted by atomic mass is 9.81. The minimum absolute atomic E-state index is 0.0372. The third kappa shape index (κ3) is 10.4. The number of phenols is 1. The number of phenolic OH excluding ortho intramolecular Hbond substituents is 1. The van der Waals surface area contributed by atoms with Crippen LogP contribution in [0.1, 0.15) is 101 Å². The third-order valence-corrected chi connectivity index (χ3v) is 16.9. The number of benzene rings is 2. The lowest BCUT2D eigenvalue weighted by molar-refractivity contribution is -0.144. The zero-order valence-electron chi connectivity index (χ0n) is 41.8. The number of aromatic nitrogens is 5. The van der Waals surface area contributed by atoms with Gasteiger partial charge >= 0.3 is 0 Å². The fourth-order valence-corrected chi connectivity index (χ4v) is 12.7. The highest BCUT2D eigenvalue weighted by atomic mass is 32.1. The number of aliphatic hydroxyl groups excluding tert-OH is 1. The molecule has 1 saturated carbocycles. The van der Waals surface area contributed by atoms with Gasteiger partial charge in [-0.3, -0.25) is 14.4 Å². The Kier molecular flexibility index (Phi) is 14.2. The number of aromatic hydroxyl groups is 1. The number of β-amino-alcohol motifs (C(OH)–C–C–N with tert-alkyl or cyclic N) is 1.